The number of carbonyl (C=O) groups is 1. The zero-order valence-corrected chi connectivity index (χ0v) is 21.3. The molecule has 8 nitrogen and oxygen atoms in total. The van der Waals surface area contributed by atoms with Crippen LogP contribution in [0.1, 0.15) is 30.0 Å². The van der Waals surface area contributed by atoms with E-state index < -0.39 is 0 Å². The van der Waals surface area contributed by atoms with E-state index in [-0.39, 0.29) is 11.9 Å². The van der Waals surface area contributed by atoms with Gasteiger partial charge in [0.25, 0.3) is 0 Å². The van der Waals surface area contributed by atoms with Crippen LogP contribution < -0.4 is 18.9 Å². The Hall–Kier alpha value is -2.97. The van der Waals surface area contributed by atoms with Crippen molar-refractivity contribution in [2.45, 2.75) is 25.4 Å². The summed E-state index contributed by atoms with van der Waals surface area (Å²) < 4.78 is 21.9. The summed E-state index contributed by atoms with van der Waals surface area (Å²) in [6.45, 7) is 5.57. The molecule has 2 saturated heterocycles. The second-order valence-electron chi connectivity index (χ2n) is 9.08. The van der Waals surface area contributed by atoms with E-state index in [0.29, 0.717) is 6.54 Å². The fraction of sp³-hybridized carbons (Fsp3) is 0.519. The van der Waals surface area contributed by atoms with Crippen LogP contribution in [0.25, 0.3) is 0 Å². The summed E-state index contributed by atoms with van der Waals surface area (Å²) in [5.74, 6) is 3.42. The van der Waals surface area contributed by atoms with Crippen LogP contribution in [0.4, 0.5) is 0 Å². The molecule has 1 amide bonds. The third-order valence-corrected chi connectivity index (χ3v) is 7.08. The number of carbonyl (C=O) groups excluding carboxylic acids is 1. The molecule has 0 N–H and O–H groups in total. The maximum atomic E-state index is 13.3. The van der Waals surface area contributed by atoms with Gasteiger partial charge in [-0.05, 0) is 43.2 Å². The maximum absolute atomic E-state index is 13.3. The molecule has 1 atom stereocenters. The standard InChI is InChI=1S/C27H37N3O5/c1-32-21-8-10-25(34-3)20(16-21)18-28-12-14-29(15-13-28)19-27(31)30-11-5-6-24(30)23-9-7-22(33-2)17-26(23)35-4/h7-10,16-17,24H,5-6,11-15,18-19H2,1-4H3. The van der Waals surface area contributed by atoms with Gasteiger partial charge in [-0.15, -0.1) is 0 Å². The Morgan fingerprint density at radius 2 is 1.46 bits per heavy atom. The molecule has 0 radical (unpaired) electrons. The average molecular weight is 484 g/mol. The fourth-order valence-corrected chi connectivity index (χ4v) is 5.12. The monoisotopic (exact) mass is 483 g/mol. The zero-order valence-electron chi connectivity index (χ0n) is 21.3. The molecule has 8 heteroatoms. The summed E-state index contributed by atoms with van der Waals surface area (Å²) in [5.41, 5.74) is 2.17. The third kappa shape index (κ3) is 5.82. The Labute approximate surface area is 208 Å². The molecule has 1 unspecified atom stereocenters. The first-order valence-electron chi connectivity index (χ1n) is 12.2. The number of hydrogen-bond acceptors (Lipinski definition) is 7. The summed E-state index contributed by atoms with van der Waals surface area (Å²) in [4.78, 5) is 20.0. The molecule has 0 aliphatic carbocycles. The van der Waals surface area contributed by atoms with Gasteiger partial charge < -0.3 is 23.8 Å². The molecule has 190 valence electrons. The second-order valence-corrected chi connectivity index (χ2v) is 9.08. The van der Waals surface area contributed by atoms with Crippen LogP contribution in [-0.2, 0) is 11.3 Å². The van der Waals surface area contributed by atoms with Gasteiger partial charge >= 0.3 is 0 Å². The van der Waals surface area contributed by atoms with Crippen molar-refractivity contribution in [3.8, 4) is 23.0 Å². The first-order chi connectivity index (χ1) is 17.1. The molecule has 2 aromatic carbocycles. The number of nitrogens with zero attached hydrogens (tertiary/aromatic N) is 3. The highest BCUT2D eigenvalue weighted by atomic mass is 16.5. The summed E-state index contributed by atoms with van der Waals surface area (Å²) in [7, 11) is 6.69. The Morgan fingerprint density at radius 3 is 2.14 bits per heavy atom. The molecule has 0 spiro atoms. The lowest BCUT2D eigenvalue weighted by atomic mass is 10.0. The molecule has 35 heavy (non-hydrogen) atoms. The van der Waals surface area contributed by atoms with Crippen molar-refractivity contribution in [2.24, 2.45) is 0 Å². The lowest BCUT2D eigenvalue weighted by Crippen LogP contribution is -2.49. The Balaban J connectivity index is 1.34. The number of methoxy groups -OCH3 is 4. The van der Waals surface area contributed by atoms with Crippen LogP contribution >= 0.6 is 0 Å². The molecule has 2 aromatic rings. The molecule has 2 aliphatic heterocycles. The lowest BCUT2D eigenvalue weighted by Gasteiger charge is -2.36. The molecular weight excluding hydrogens is 446 g/mol. The van der Waals surface area contributed by atoms with Crippen molar-refractivity contribution in [3.63, 3.8) is 0 Å². The summed E-state index contributed by atoms with van der Waals surface area (Å²) in [6.07, 6.45) is 1.95. The molecule has 2 aliphatic rings. The van der Waals surface area contributed by atoms with E-state index in [9.17, 15) is 4.79 Å². The molecule has 0 saturated carbocycles. The number of amides is 1. The van der Waals surface area contributed by atoms with E-state index in [0.717, 1.165) is 86.2 Å². The zero-order chi connectivity index (χ0) is 24.8. The minimum Gasteiger partial charge on any atom is -0.497 e. The van der Waals surface area contributed by atoms with Gasteiger partial charge in [0.05, 0.1) is 41.0 Å². The van der Waals surface area contributed by atoms with Crippen molar-refractivity contribution in [1.82, 2.24) is 14.7 Å². The lowest BCUT2D eigenvalue weighted by molar-refractivity contribution is -0.133. The summed E-state index contributed by atoms with van der Waals surface area (Å²) in [6, 6.07) is 11.8. The molecule has 2 heterocycles. The first-order valence-corrected chi connectivity index (χ1v) is 12.2. The molecule has 0 aromatic heterocycles. The second kappa shape index (κ2) is 11.6. The third-order valence-electron chi connectivity index (χ3n) is 7.08. The Morgan fingerprint density at radius 1 is 0.800 bits per heavy atom. The smallest absolute Gasteiger partial charge is 0.237 e. The van der Waals surface area contributed by atoms with Gasteiger partial charge in [0, 0.05) is 56.5 Å². The van der Waals surface area contributed by atoms with E-state index in [4.69, 9.17) is 18.9 Å². The minimum atomic E-state index is 0.0465. The van der Waals surface area contributed by atoms with Crippen molar-refractivity contribution in [3.05, 3.63) is 47.5 Å². The topological polar surface area (TPSA) is 63.7 Å². The Kier molecular flexibility index (Phi) is 8.36. The van der Waals surface area contributed by atoms with Gasteiger partial charge in [-0.1, -0.05) is 0 Å². The van der Waals surface area contributed by atoms with Gasteiger partial charge in [-0.3, -0.25) is 14.6 Å². The predicted octanol–water partition coefficient (Wildman–Crippen LogP) is 3.20. The van der Waals surface area contributed by atoms with E-state index in [1.165, 1.54) is 0 Å². The maximum Gasteiger partial charge on any atom is 0.237 e. The van der Waals surface area contributed by atoms with E-state index in [2.05, 4.69) is 9.80 Å². The van der Waals surface area contributed by atoms with Crippen LogP contribution in [0, 0.1) is 0 Å². The first kappa shape index (κ1) is 25.1. The molecule has 2 fully saturated rings. The predicted molar refractivity (Wildman–Crippen MR) is 134 cm³/mol. The van der Waals surface area contributed by atoms with E-state index in [1.54, 1.807) is 28.4 Å². The van der Waals surface area contributed by atoms with Crippen molar-refractivity contribution >= 4 is 5.91 Å². The fourth-order valence-electron chi connectivity index (χ4n) is 5.12. The minimum absolute atomic E-state index is 0.0465. The molecular formula is C27H37N3O5. The normalized spacial score (nSPS) is 19.0. The number of benzene rings is 2. The van der Waals surface area contributed by atoms with Gasteiger partial charge in [0.2, 0.25) is 5.91 Å². The highest BCUT2D eigenvalue weighted by molar-refractivity contribution is 5.79. The van der Waals surface area contributed by atoms with Crippen molar-refractivity contribution in [2.75, 3.05) is 67.7 Å². The van der Waals surface area contributed by atoms with E-state index in [1.807, 2.05) is 41.3 Å². The quantitative estimate of drug-likeness (QED) is 0.543. The van der Waals surface area contributed by atoms with Crippen LogP contribution in [0.15, 0.2) is 36.4 Å². The Bertz CT molecular complexity index is 1010. The van der Waals surface area contributed by atoms with Crippen LogP contribution in [0.3, 0.4) is 0 Å². The summed E-state index contributed by atoms with van der Waals surface area (Å²) >= 11 is 0. The number of ether oxygens (including phenoxy) is 4. The average Bonchev–Trinajstić information content (AvgIpc) is 3.39. The van der Waals surface area contributed by atoms with Crippen LogP contribution in [0.2, 0.25) is 0 Å². The highest BCUT2D eigenvalue weighted by Gasteiger charge is 2.33. The van der Waals surface area contributed by atoms with E-state index >= 15 is 0 Å². The van der Waals surface area contributed by atoms with Crippen molar-refractivity contribution < 1.29 is 23.7 Å². The molecule has 4 rings (SSSR count). The van der Waals surface area contributed by atoms with Gasteiger partial charge in [-0.2, -0.15) is 0 Å². The number of piperazine rings is 1. The molecule has 0 bridgehead atoms. The van der Waals surface area contributed by atoms with Crippen molar-refractivity contribution in [1.29, 1.82) is 0 Å². The number of hydrogen-bond donors (Lipinski definition) is 0. The van der Waals surface area contributed by atoms with Gasteiger partial charge in [0.15, 0.2) is 0 Å². The number of likely N-dealkylation sites (tertiary alicyclic amines) is 1. The summed E-state index contributed by atoms with van der Waals surface area (Å²) in [5, 5.41) is 0. The SMILES string of the molecule is COc1ccc(OC)c(CN2CCN(CC(=O)N3CCCC3c3ccc(OC)cc3OC)CC2)c1. The largest absolute Gasteiger partial charge is 0.497 e. The van der Waals surface area contributed by atoms with Crippen LogP contribution in [0.5, 0.6) is 23.0 Å². The number of rotatable bonds is 9. The highest BCUT2D eigenvalue weighted by Crippen LogP contribution is 2.38. The van der Waals surface area contributed by atoms with Gasteiger partial charge in [0.1, 0.15) is 23.0 Å². The van der Waals surface area contributed by atoms with Crippen LogP contribution in [-0.4, -0.2) is 88.3 Å². The van der Waals surface area contributed by atoms with Gasteiger partial charge in [-0.25, -0.2) is 0 Å².